The minimum absolute atomic E-state index is 0.263. The standard InChI is InChI=1S/C9H7F3S2/c10-9(11,12)8(13)14-6-7-4-2-1-3-5-7/h1-5H,6H2. The number of benzene rings is 1. The van der Waals surface area contributed by atoms with E-state index in [9.17, 15) is 13.2 Å². The molecule has 0 spiro atoms. The van der Waals surface area contributed by atoms with E-state index in [2.05, 4.69) is 12.2 Å². The fourth-order valence-electron chi connectivity index (χ4n) is 0.805. The highest BCUT2D eigenvalue weighted by Crippen LogP contribution is 2.27. The molecule has 0 amide bonds. The third-order valence-corrected chi connectivity index (χ3v) is 3.00. The van der Waals surface area contributed by atoms with Crippen LogP contribution in [0.5, 0.6) is 0 Å². The predicted octanol–water partition coefficient (Wildman–Crippen LogP) is 3.81. The van der Waals surface area contributed by atoms with E-state index in [4.69, 9.17) is 0 Å². The van der Waals surface area contributed by atoms with Crippen LogP contribution in [-0.4, -0.2) is 10.4 Å². The molecule has 0 saturated carbocycles. The van der Waals surface area contributed by atoms with Crippen molar-refractivity contribution >= 4 is 28.2 Å². The molecule has 0 aliphatic rings. The summed E-state index contributed by atoms with van der Waals surface area (Å²) in [6.07, 6.45) is -4.37. The number of thioether (sulfide) groups is 1. The zero-order chi connectivity index (χ0) is 10.6. The van der Waals surface area contributed by atoms with Crippen LogP contribution in [0.2, 0.25) is 0 Å². The quantitative estimate of drug-likeness (QED) is 0.716. The number of hydrogen-bond acceptors (Lipinski definition) is 2. The van der Waals surface area contributed by atoms with Crippen molar-refractivity contribution < 1.29 is 13.2 Å². The molecule has 0 nitrogen and oxygen atoms in total. The van der Waals surface area contributed by atoms with E-state index in [0.717, 1.165) is 5.56 Å². The summed E-state index contributed by atoms with van der Waals surface area (Å²) in [4.78, 5) is 0. The van der Waals surface area contributed by atoms with Crippen LogP contribution in [0.3, 0.4) is 0 Å². The van der Waals surface area contributed by atoms with E-state index >= 15 is 0 Å². The molecule has 0 atom stereocenters. The first-order valence-corrected chi connectivity index (χ1v) is 5.17. The Kier molecular flexibility index (Phi) is 3.95. The lowest BCUT2D eigenvalue weighted by Gasteiger charge is -2.06. The van der Waals surface area contributed by atoms with Gasteiger partial charge in [0, 0.05) is 5.75 Å². The van der Waals surface area contributed by atoms with Gasteiger partial charge in [-0.1, -0.05) is 42.5 Å². The molecule has 0 heterocycles. The molecule has 0 saturated heterocycles. The highest BCUT2D eigenvalue weighted by atomic mass is 32.2. The molecule has 0 radical (unpaired) electrons. The van der Waals surface area contributed by atoms with Crippen molar-refractivity contribution in [1.82, 2.24) is 0 Å². The van der Waals surface area contributed by atoms with Gasteiger partial charge in [-0.3, -0.25) is 0 Å². The fraction of sp³-hybridized carbons (Fsp3) is 0.222. The van der Waals surface area contributed by atoms with Gasteiger partial charge in [0.25, 0.3) is 0 Å². The van der Waals surface area contributed by atoms with Gasteiger partial charge in [0.15, 0.2) is 4.20 Å². The summed E-state index contributed by atoms with van der Waals surface area (Å²) in [5.74, 6) is 0.263. The summed E-state index contributed by atoms with van der Waals surface area (Å²) >= 11 is 4.87. The summed E-state index contributed by atoms with van der Waals surface area (Å²) in [6, 6.07) is 8.92. The Morgan fingerprint density at radius 1 is 1.21 bits per heavy atom. The lowest BCUT2D eigenvalue weighted by Crippen LogP contribution is -2.17. The Labute approximate surface area is 89.5 Å². The van der Waals surface area contributed by atoms with Crippen LogP contribution in [0.25, 0.3) is 0 Å². The van der Waals surface area contributed by atoms with Crippen LogP contribution in [0.15, 0.2) is 30.3 Å². The first-order valence-electron chi connectivity index (χ1n) is 3.78. The average Bonchev–Trinajstić information content (AvgIpc) is 2.14. The highest BCUT2D eigenvalue weighted by Gasteiger charge is 2.34. The van der Waals surface area contributed by atoms with Gasteiger partial charge >= 0.3 is 6.18 Å². The summed E-state index contributed by atoms with van der Waals surface area (Å²) in [6.45, 7) is 0. The van der Waals surface area contributed by atoms with Gasteiger partial charge in [0.2, 0.25) is 0 Å². The van der Waals surface area contributed by atoms with Gasteiger partial charge in [0.05, 0.1) is 0 Å². The Balaban J connectivity index is 2.46. The van der Waals surface area contributed by atoms with Crippen molar-refractivity contribution in [3.63, 3.8) is 0 Å². The maximum absolute atomic E-state index is 12.0. The summed E-state index contributed by atoms with van der Waals surface area (Å²) in [5.41, 5.74) is 0.837. The molecule has 1 aromatic rings. The van der Waals surface area contributed by atoms with Gasteiger partial charge in [-0.15, -0.1) is 11.8 Å². The monoisotopic (exact) mass is 236 g/mol. The second-order valence-electron chi connectivity index (χ2n) is 2.56. The molecule has 0 N–H and O–H groups in total. The molecule has 0 aromatic heterocycles. The van der Waals surface area contributed by atoms with Crippen molar-refractivity contribution in [2.75, 3.05) is 0 Å². The van der Waals surface area contributed by atoms with E-state index in [1.807, 2.05) is 6.07 Å². The second kappa shape index (κ2) is 4.79. The third kappa shape index (κ3) is 3.67. The number of halogens is 3. The predicted molar refractivity (Wildman–Crippen MR) is 56.4 cm³/mol. The Morgan fingerprint density at radius 3 is 2.29 bits per heavy atom. The smallest absolute Gasteiger partial charge is 0.165 e. The van der Waals surface area contributed by atoms with E-state index in [1.54, 1.807) is 24.3 Å². The van der Waals surface area contributed by atoms with Crippen molar-refractivity contribution in [1.29, 1.82) is 0 Å². The molecule has 1 aromatic carbocycles. The number of hydrogen-bond donors (Lipinski definition) is 0. The molecule has 0 aliphatic heterocycles. The Hall–Kier alpha value is -0.550. The fourth-order valence-corrected chi connectivity index (χ4v) is 1.64. The normalized spacial score (nSPS) is 11.4. The lowest BCUT2D eigenvalue weighted by molar-refractivity contribution is -0.0532. The molecule has 14 heavy (non-hydrogen) atoms. The van der Waals surface area contributed by atoms with E-state index in [1.165, 1.54) is 0 Å². The maximum Gasteiger partial charge on any atom is 0.432 e. The zero-order valence-corrected chi connectivity index (χ0v) is 8.68. The largest absolute Gasteiger partial charge is 0.432 e. The Morgan fingerprint density at radius 2 is 1.79 bits per heavy atom. The highest BCUT2D eigenvalue weighted by molar-refractivity contribution is 8.22. The second-order valence-corrected chi connectivity index (χ2v) is 4.21. The van der Waals surface area contributed by atoms with Crippen LogP contribution >= 0.6 is 24.0 Å². The number of thiocarbonyl (C=S) groups is 1. The van der Waals surface area contributed by atoms with Gasteiger partial charge in [-0.25, -0.2) is 0 Å². The van der Waals surface area contributed by atoms with Crippen LogP contribution < -0.4 is 0 Å². The van der Waals surface area contributed by atoms with Gasteiger partial charge in [-0.2, -0.15) is 13.2 Å². The average molecular weight is 236 g/mol. The minimum Gasteiger partial charge on any atom is -0.165 e. The van der Waals surface area contributed by atoms with Crippen LogP contribution in [0, 0.1) is 0 Å². The summed E-state index contributed by atoms with van der Waals surface area (Å²) < 4.78 is 35.1. The molecular weight excluding hydrogens is 229 g/mol. The molecule has 0 bridgehead atoms. The number of alkyl halides is 3. The molecular formula is C9H7F3S2. The topological polar surface area (TPSA) is 0 Å². The van der Waals surface area contributed by atoms with E-state index < -0.39 is 10.4 Å². The number of rotatable bonds is 2. The van der Waals surface area contributed by atoms with Gasteiger partial charge in [-0.05, 0) is 5.56 Å². The summed E-state index contributed by atoms with van der Waals surface area (Å²) in [7, 11) is 0. The molecule has 0 aliphatic carbocycles. The van der Waals surface area contributed by atoms with Crippen LogP contribution in [-0.2, 0) is 5.75 Å². The van der Waals surface area contributed by atoms with Crippen LogP contribution in [0.1, 0.15) is 5.56 Å². The minimum atomic E-state index is -4.37. The van der Waals surface area contributed by atoms with Crippen molar-refractivity contribution in [2.24, 2.45) is 0 Å². The molecule has 5 heteroatoms. The lowest BCUT2D eigenvalue weighted by atomic mass is 10.2. The molecule has 76 valence electrons. The van der Waals surface area contributed by atoms with Crippen molar-refractivity contribution in [3.8, 4) is 0 Å². The van der Waals surface area contributed by atoms with Crippen LogP contribution in [0.4, 0.5) is 13.2 Å². The van der Waals surface area contributed by atoms with Gasteiger partial charge < -0.3 is 0 Å². The van der Waals surface area contributed by atoms with E-state index in [0.29, 0.717) is 11.8 Å². The zero-order valence-electron chi connectivity index (χ0n) is 7.04. The molecule has 0 fully saturated rings. The maximum atomic E-state index is 12.0. The van der Waals surface area contributed by atoms with Crippen molar-refractivity contribution in [2.45, 2.75) is 11.9 Å². The van der Waals surface area contributed by atoms with E-state index in [-0.39, 0.29) is 5.75 Å². The van der Waals surface area contributed by atoms with Gasteiger partial charge in [0.1, 0.15) is 0 Å². The SMILES string of the molecule is FC(F)(F)C(=S)SCc1ccccc1. The first kappa shape index (κ1) is 11.5. The Bertz CT molecular complexity index is 306. The van der Waals surface area contributed by atoms with Crippen molar-refractivity contribution in [3.05, 3.63) is 35.9 Å². The summed E-state index contributed by atoms with van der Waals surface area (Å²) in [5, 5.41) is 0. The molecule has 0 unspecified atom stereocenters. The third-order valence-electron chi connectivity index (χ3n) is 1.44. The molecule has 1 rings (SSSR count). The first-order chi connectivity index (χ1) is 6.50.